The lowest BCUT2D eigenvalue weighted by atomic mass is 10.2. The third kappa shape index (κ3) is 2.20. The zero-order chi connectivity index (χ0) is 13.2. The Kier molecular flexibility index (Phi) is 2.75. The van der Waals surface area contributed by atoms with Crippen LogP contribution in [0, 0.1) is 6.92 Å². The van der Waals surface area contributed by atoms with E-state index in [0.29, 0.717) is 12.4 Å². The van der Waals surface area contributed by atoms with Gasteiger partial charge in [0.1, 0.15) is 5.69 Å². The van der Waals surface area contributed by atoms with Crippen molar-refractivity contribution in [2.24, 2.45) is 0 Å². The van der Waals surface area contributed by atoms with Crippen molar-refractivity contribution < 1.29 is 4.52 Å². The topological polar surface area (TPSA) is 82.8 Å². The largest absolute Gasteiger partial charge is 0.381 e. The van der Waals surface area contributed by atoms with E-state index in [1.165, 1.54) is 0 Å². The van der Waals surface area contributed by atoms with Gasteiger partial charge in [0.2, 0.25) is 0 Å². The van der Waals surface area contributed by atoms with Gasteiger partial charge in [0.15, 0.2) is 11.6 Å². The summed E-state index contributed by atoms with van der Waals surface area (Å²) in [5.74, 6) is 1.17. The molecule has 2 aromatic heterocycles. The molecule has 2 N–H and O–H groups in total. The fourth-order valence-corrected chi connectivity index (χ4v) is 1.80. The first-order chi connectivity index (χ1) is 9.24. The highest BCUT2D eigenvalue weighted by Crippen LogP contribution is 2.20. The molecule has 0 unspecified atom stereocenters. The van der Waals surface area contributed by atoms with Crippen molar-refractivity contribution in [1.82, 2.24) is 20.2 Å². The Morgan fingerprint density at radius 1 is 1.26 bits per heavy atom. The third-order valence-electron chi connectivity index (χ3n) is 2.95. The molecular weight excluding hydrogens is 242 g/mol. The van der Waals surface area contributed by atoms with Gasteiger partial charge in [-0.3, -0.25) is 0 Å². The van der Waals surface area contributed by atoms with Gasteiger partial charge in [-0.1, -0.05) is 40.7 Å². The average molecular weight is 255 g/mol. The molecule has 0 bridgehead atoms. The summed E-state index contributed by atoms with van der Waals surface area (Å²) < 4.78 is 7.02. The minimum absolute atomic E-state index is 0.437. The van der Waals surface area contributed by atoms with Crippen LogP contribution in [0.1, 0.15) is 11.4 Å². The molecule has 0 aliphatic heterocycles. The second-order valence-electron chi connectivity index (χ2n) is 4.27. The predicted molar refractivity (Wildman–Crippen MR) is 70.2 cm³/mol. The van der Waals surface area contributed by atoms with Gasteiger partial charge < -0.3 is 10.3 Å². The number of anilines is 1. The molecule has 1 aromatic carbocycles. The zero-order valence-electron chi connectivity index (χ0n) is 10.4. The van der Waals surface area contributed by atoms with E-state index in [2.05, 4.69) is 15.5 Å². The number of rotatable bonds is 3. The Hall–Kier alpha value is -2.63. The molecule has 0 atom stereocenters. The second-order valence-corrected chi connectivity index (χ2v) is 4.27. The summed E-state index contributed by atoms with van der Waals surface area (Å²) in [5.41, 5.74) is 8.26. The first kappa shape index (κ1) is 11.5. The van der Waals surface area contributed by atoms with E-state index in [0.717, 1.165) is 22.7 Å². The summed E-state index contributed by atoms with van der Waals surface area (Å²) in [6.07, 6.45) is 0. The van der Waals surface area contributed by atoms with E-state index in [-0.39, 0.29) is 0 Å². The molecule has 0 spiro atoms. The van der Waals surface area contributed by atoms with Crippen LogP contribution in [-0.2, 0) is 6.54 Å². The van der Waals surface area contributed by atoms with Crippen LogP contribution in [0.15, 0.2) is 40.9 Å². The lowest BCUT2D eigenvalue weighted by Crippen LogP contribution is -2.04. The molecular formula is C13H13N5O. The molecule has 6 nitrogen and oxygen atoms in total. The van der Waals surface area contributed by atoms with Crippen molar-refractivity contribution in [2.75, 3.05) is 5.73 Å². The minimum atomic E-state index is 0.437. The summed E-state index contributed by atoms with van der Waals surface area (Å²) in [5, 5.41) is 11.8. The van der Waals surface area contributed by atoms with E-state index in [1.54, 1.807) is 4.68 Å². The fraction of sp³-hybridized carbons (Fsp3) is 0.154. The smallest absolute Gasteiger partial charge is 0.168 e. The van der Waals surface area contributed by atoms with Crippen LogP contribution >= 0.6 is 0 Å². The Labute approximate surface area is 109 Å². The summed E-state index contributed by atoms with van der Waals surface area (Å²) in [6, 6.07) is 11.7. The summed E-state index contributed by atoms with van der Waals surface area (Å²) in [4.78, 5) is 0. The van der Waals surface area contributed by atoms with Gasteiger partial charge in [-0.2, -0.15) is 0 Å². The van der Waals surface area contributed by atoms with Crippen molar-refractivity contribution in [3.8, 4) is 11.3 Å². The van der Waals surface area contributed by atoms with Crippen molar-refractivity contribution in [3.05, 3.63) is 47.8 Å². The van der Waals surface area contributed by atoms with Crippen LogP contribution < -0.4 is 5.73 Å². The van der Waals surface area contributed by atoms with Gasteiger partial charge in [-0.25, -0.2) is 4.68 Å². The third-order valence-corrected chi connectivity index (χ3v) is 2.95. The molecule has 2 heterocycles. The molecule has 3 rings (SSSR count). The standard InChI is InChI=1S/C13H13N5O/c1-9-13(14)15-17-18(9)8-11-7-12(19-16-11)10-5-3-2-4-6-10/h2-7H,8,14H2,1H3. The minimum Gasteiger partial charge on any atom is -0.381 e. The number of aromatic nitrogens is 4. The number of hydrogen-bond acceptors (Lipinski definition) is 5. The SMILES string of the molecule is Cc1c(N)nnn1Cc1cc(-c2ccccc2)on1. The van der Waals surface area contributed by atoms with E-state index >= 15 is 0 Å². The van der Waals surface area contributed by atoms with Crippen LogP contribution in [0.3, 0.4) is 0 Å². The lowest BCUT2D eigenvalue weighted by Gasteiger charge is -1.98. The quantitative estimate of drug-likeness (QED) is 0.772. The van der Waals surface area contributed by atoms with Crippen molar-refractivity contribution in [1.29, 1.82) is 0 Å². The maximum Gasteiger partial charge on any atom is 0.168 e. The van der Waals surface area contributed by atoms with Gasteiger partial charge in [0, 0.05) is 11.6 Å². The van der Waals surface area contributed by atoms with Crippen molar-refractivity contribution >= 4 is 5.82 Å². The maximum atomic E-state index is 5.65. The first-order valence-electron chi connectivity index (χ1n) is 5.90. The first-order valence-corrected chi connectivity index (χ1v) is 5.90. The summed E-state index contributed by atoms with van der Waals surface area (Å²) in [7, 11) is 0. The molecule has 0 aliphatic carbocycles. The van der Waals surface area contributed by atoms with Crippen molar-refractivity contribution in [3.63, 3.8) is 0 Å². The number of hydrogen-bond donors (Lipinski definition) is 1. The van der Waals surface area contributed by atoms with Gasteiger partial charge in [0.25, 0.3) is 0 Å². The van der Waals surface area contributed by atoms with Crippen LogP contribution in [0.5, 0.6) is 0 Å². The summed E-state index contributed by atoms with van der Waals surface area (Å²) in [6.45, 7) is 2.36. The number of nitrogens with zero attached hydrogens (tertiary/aromatic N) is 4. The number of nitrogens with two attached hydrogens (primary N) is 1. The van der Waals surface area contributed by atoms with Crippen LogP contribution in [0.25, 0.3) is 11.3 Å². The molecule has 19 heavy (non-hydrogen) atoms. The van der Waals surface area contributed by atoms with Gasteiger partial charge in [-0.15, -0.1) is 5.10 Å². The number of nitrogen functional groups attached to an aromatic ring is 1. The predicted octanol–water partition coefficient (Wildman–Crippen LogP) is 1.87. The molecule has 3 aromatic rings. The Morgan fingerprint density at radius 3 is 2.74 bits per heavy atom. The normalized spacial score (nSPS) is 10.8. The van der Waals surface area contributed by atoms with E-state index in [9.17, 15) is 0 Å². The maximum absolute atomic E-state index is 5.65. The Bertz CT molecular complexity index is 686. The van der Waals surface area contributed by atoms with Crippen LogP contribution in [-0.4, -0.2) is 20.2 Å². The monoisotopic (exact) mass is 255 g/mol. The fourth-order valence-electron chi connectivity index (χ4n) is 1.80. The molecule has 0 saturated carbocycles. The molecule has 0 saturated heterocycles. The second kappa shape index (κ2) is 4.56. The Morgan fingerprint density at radius 2 is 2.05 bits per heavy atom. The van der Waals surface area contributed by atoms with Crippen LogP contribution in [0.2, 0.25) is 0 Å². The van der Waals surface area contributed by atoms with E-state index < -0.39 is 0 Å². The molecule has 0 radical (unpaired) electrons. The zero-order valence-corrected chi connectivity index (χ0v) is 10.4. The van der Waals surface area contributed by atoms with E-state index in [1.807, 2.05) is 43.3 Å². The Balaban J connectivity index is 1.84. The highest BCUT2D eigenvalue weighted by atomic mass is 16.5. The lowest BCUT2D eigenvalue weighted by molar-refractivity contribution is 0.418. The summed E-state index contributed by atoms with van der Waals surface area (Å²) >= 11 is 0. The van der Waals surface area contributed by atoms with Gasteiger partial charge in [-0.05, 0) is 6.92 Å². The molecule has 0 aliphatic rings. The number of benzene rings is 1. The highest BCUT2D eigenvalue weighted by Gasteiger charge is 2.10. The molecule has 96 valence electrons. The molecule has 6 heteroatoms. The van der Waals surface area contributed by atoms with Crippen LogP contribution in [0.4, 0.5) is 5.82 Å². The highest BCUT2D eigenvalue weighted by molar-refractivity contribution is 5.56. The van der Waals surface area contributed by atoms with Gasteiger partial charge in [0.05, 0.1) is 12.2 Å². The molecule has 0 fully saturated rings. The molecule has 0 amide bonds. The van der Waals surface area contributed by atoms with Crippen molar-refractivity contribution in [2.45, 2.75) is 13.5 Å². The average Bonchev–Trinajstić information content (AvgIpc) is 3.02. The van der Waals surface area contributed by atoms with E-state index in [4.69, 9.17) is 10.3 Å². The van der Waals surface area contributed by atoms with Gasteiger partial charge >= 0.3 is 0 Å².